The third-order valence-corrected chi connectivity index (χ3v) is 7.81. The SMILES string of the molecule is CCNC1(C=C(C#N)C(=O)N2CCC[C@H](n3nc(-c4ccc(Oc5ccccc5)cc4F)c4c(N)ncnc43)C2)CC1. The predicted molar refractivity (Wildman–Crippen MR) is 156 cm³/mol. The lowest BCUT2D eigenvalue weighted by atomic mass is 10.0. The van der Waals surface area contributed by atoms with Gasteiger partial charge in [0, 0.05) is 30.3 Å². The average molecular weight is 567 g/mol. The number of likely N-dealkylation sites (N-methyl/N-ethyl adjacent to an activating group) is 1. The van der Waals surface area contributed by atoms with Gasteiger partial charge in [0.25, 0.3) is 5.91 Å². The van der Waals surface area contributed by atoms with Gasteiger partial charge in [-0.3, -0.25) is 4.79 Å². The largest absolute Gasteiger partial charge is 0.457 e. The van der Waals surface area contributed by atoms with Crippen molar-refractivity contribution in [3.8, 4) is 28.8 Å². The number of rotatable bonds is 8. The van der Waals surface area contributed by atoms with E-state index < -0.39 is 5.82 Å². The quantitative estimate of drug-likeness (QED) is 0.230. The Hall–Kier alpha value is -4.82. The van der Waals surface area contributed by atoms with Crippen LogP contribution >= 0.6 is 0 Å². The van der Waals surface area contributed by atoms with Gasteiger partial charge in [-0.25, -0.2) is 19.0 Å². The summed E-state index contributed by atoms with van der Waals surface area (Å²) in [6, 6.07) is 15.6. The lowest BCUT2D eigenvalue weighted by Gasteiger charge is -2.33. The minimum absolute atomic E-state index is 0.145. The topological polar surface area (TPSA) is 135 Å². The number of benzene rings is 2. The Morgan fingerprint density at radius 2 is 2.05 bits per heavy atom. The number of para-hydroxylation sites is 1. The Morgan fingerprint density at radius 3 is 2.76 bits per heavy atom. The van der Waals surface area contributed by atoms with Gasteiger partial charge in [0.05, 0.1) is 11.4 Å². The molecule has 11 heteroatoms. The molecule has 4 aromatic rings. The Bertz CT molecular complexity index is 1710. The van der Waals surface area contributed by atoms with Crippen molar-refractivity contribution in [3.05, 3.63) is 72.3 Å². The molecular weight excluding hydrogens is 535 g/mol. The second-order valence-corrected chi connectivity index (χ2v) is 10.7. The van der Waals surface area contributed by atoms with Gasteiger partial charge in [0.1, 0.15) is 46.8 Å². The minimum atomic E-state index is -0.530. The summed E-state index contributed by atoms with van der Waals surface area (Å²) in [6.45, 7) is 3.63. The maximum absolute atomic E-state index is 15.5. The van der Waals surface area contributed by atoms with Crippen molar-refractivity contribution in [1.82, 2.24) is 30.0 Å². The first-order valence-electron chi connectivity index (χ1n) is 14.1. The molecule has 6 rings (SSSR count). The summed E-state index contributed by atoms with van der Waals surface area (Å²) in [5.74, 6) is 0.299. The summed E-state index contributed by atoms with van der Waals surface area (Å²) >= 11 is 0. The van der Waals surface area contributed by atoms with Crippen LogP contribution in [-0.4, -0.2) is 55.7 Å². The first kappa shape index (κ1) is 27.4. The summed E-state index contributed by atoms with van der Waals surface area (Å²) in [7, 11) is 0. The molecule has 3 N–H and O–H groups in total. The van der Waals surface area contributed by atoms with E-state index in [2.05, 4.69) is 21.4 Å². The summed E-state index contributed by atoms with van der Waals surface area (Å²) in [6.07, 6.45) is 6.38. The van der Waals surface area contributed by atoms with E-state index in [1.54, 1.807) is 39.9 Å². The summed E-state index contributed by atoms with van der Waals surface area (Å²) in [5.41, 5.74) is 7.16. The van der Waals surface area contributed by atoms with Crippen molar-refractivity contribution in [2.45, 2.75) is 44.2 Å². The maximum Gasteiger partial charge on any atom is 0.264 e. The first-order valence-corrected chi connectivity index (χ1v) is 14.1. The zero-order valence-electron chi connectivity index (χ0n) is 23.3. The van der Waals surface area contributed by atoms with Crippen LogP contribution in [0, 0.1) is 17.1 Å². The van der Waals surface area contributed by atoms with Crippen molar-refractivity contribution in [3.63, 3.8) is 0 Å². The normalized spacial score (nSPS) is 18.1. The number of ether oxygens (including phenoxy) is 1. The van der Waals surface area contributed by atoms with Crippen molar-refractivity contribution >= 4 is 22.8 Å². The highest BCUT2D eigenvalue weighted by atomic mass is 19.1. The molecule has 1 atom stereocenters. The number of piperidine rings is 1. The standard InChI is InChI=1S/C31H31FN8O2/c1-2-37-31(12-13-31)16-20(17-33)30(41)39-14-6-7-21(18-39)40-29-26(28(34)35-19-36-29)27(38-40)24-11-10-23(15-25(24)32)42-22-8-4-3-5-9-22/h3-5,8-11,15-16,19,21,37H,2,6-7,12-14,18H2,1H3,(H2,34,35,36)/t21-/m0/s1. The molecule has 3 heterocycles. The number of nitrogens with one attached hydrogen (secondary N) is 1. The van der Waals surface area contributed by atoms with Crippen LogP contribution in [0.4, 0.5) is 10.2 Å². The Kier molecular flexibility index (Phi) is 7.31. The number of aromatic nitrogens is 4. The number of carbonyl (C=O) groups excluding carboxylic acids is 1. The van der Waals surface area contributed by atoms with E-state index in [-0.39, 0.29) is 34.4 Å². The third kappa shape index (κ3) is 5.29. The smallest absolute Gasteiger partial charge is 0.264 e. The van der Waals surface area contributed by atoms with E-state index >= 15 is 4.39 Å². The monoisotopic (exact) mass is 566 g/mol. The molecule has 10 nitrogen and oxygen atoms in total. The number of hydrogen-bond acceptors (Lipinski definition) is 8. The van der Waals surface area contributed by atoms with E-state index in [0.717, 1.165) is 25.8 Å². The van der Waals surface area contributed by atoms with Gasteiger partial charge in [-0.15, -0.1) is 0 Å². The van der Waals surface area contributed by atoms with E-state index in [9.17, 15) is 10.1 Å². The second kappa shape index (κ2) is 11.2. The molecule has 0 radical (unpaired) electrons. The number of nitrogens with two attached hydrogens (primary N) is 1. The highest BCUT2D eigenvalue weighted by Crippen LogP contribution is 2.39. The van der Waals surface area contributed by atoms with Crippen LogP contribution in [0.25, 0.3) is 22.3 Å². The maximum atomic E-state index is 15.5. The van der Waals surface area contributed by atoms with Crippen LogP contribution in [-0.2, 0) is 4.79 Å². The fourth-order valence-corrected chi connectivity index (χ4v) is 5.60. The predicted octanol–water partition coefficient (Wildman–Crippen LogP) is 4.76. The Morgan fingerprint density at radius 1 is 1.24 bits per heavy atom. The van der Waals surface area contributed by atoms with E-state index in [1.807, 2.05) is 25.1 Å². The molecule has 0 unspecified atom stereocenters. The molecule has 2 fully saturated rings. The van der Waals surface area contributed by atoms with Crippen molar-refractivity contribution in [2.24, 2.45) is 0 Å². The van der Waals surface area contributed by atoms with E-state index in [1.165, 1.54) is 12.4 Å². The van der Waals surface area contributed by atoms with Crippen LogP contribution < -0.4 is 15.8 Å². The molecule has 42 heavy (non-hydrogen) atoms. The molecule has 2 aliphatic rings. The van der Waals surface area contributed by atoms with Crippen molar-refractivity contribution in [2.75, 3.05) is 25.4 Å². The van der Waals surface area contributed by atoms with Gasteiger partial charge >= 0.3 is 0 Å². The zero-order chi connectivity index (χ0) is 29.3. The number of nitrogen functional groups attached to an aromatic ring is 1. The lowest BCUT2D eigenvalue weighted by molar-refractivity contribution is -0.128. The lowest BCUT2D eigenvalue weighted by Crippen LogP contribution is -2.42. The Labute approximate surface area is 242 Å². The van der Waals surface area contributed by atoms with Crippen LogP contribution in [0.1, 0.15) is 38.6 Å². The summed E-state index contributed by atoms with van der Waals surface area (Å²) < 4.78 is 23.0. The van der Waals surface area contributed by atoms with Gasteiger partial charge in [0.2, 0.25) is 0 Å². The molecule has 214 valence electrons. The first-order chi connectivity index (χ1) is 20.4. The Balaban J connectivity index is 1.30. The van der Waals surface area contributed by atoms with Crippen LogP contribution in [0.5, 0.6) is 11.5 Å². The molecule has 0 spiro atoms. The van der Waals surface area contributed by atoms with Crippen LogP contribution in [0.2, 0.25) is 0 Å². The molecular formula is C31H31FN8O2. The number of likely N-dealkylation sites (tertiary alicyclic amines) is 1. The number of halogens is 1. The fraction of sp³-hybridized carbons (Fsp3) is 0.323. The number of amides is 1. The van der Waals surface area contributed by atoms with Gasteiger partial charge in [-0.2, -0.15) is 10.4 Å². The summed E-state index contributed by atoms with van der Waals surface area (Å²) in [5, 5.41) is 18.4. The highest BCUT2D eigenvalue weighted by Gasteiger charge is 2.41. The molecule has 1 aliphatic carbocycles. The molecule has 1 amide bonds. The van der Waals surface area contributed by atoms with Gasteiger partial charge in [0.15, 0.2) is 5.65 Å². The van der Waals surface area contributed by atoms with Crippen molar-refractivity contribution in [1.29, 1.82) is 5.26 Å². The average Bonchev–Trinajstić information content (AvgIpc) is 3.65. The van der Waals surface area contributed by atoms with E-state index in [0.29, 0.717) is 47.7 Å². The molecule has 1 saturated carbocycles. The second-order valence-electron chi connectivity index (χ2n) is 10.7. The van der Waals surface area contributed by atoms with Crippen molar-refractivity contribution < 1.29 is 13.9 Å². The van der Waals surface area contributed by atoms with Crippen LogP contribution in [0.3, 0.4) is 0 Å². The minimum Gasteiger partial charge on any atom is -0.457 e. The molecule has 1 aliphatic heterocycles. The van der Waals surface area contributed by atoms with Gasteiger partial charge in [-0.05, 0) is 62.6 Å². The molecule has 2 aromatic heterocycles. The molecule has 0 bridgehead atoms. The fourth-order valence-electron chi connectivity index (χ4n) is 5.60. The van der Waals surface area contributed by atoms with Crippen LogP contribution in [0.15, 0.2) is 66.5 Å². The number of hydrogen-bond donors (Lipinski definition) is 2. The number of nitriles is 1. The highest BCUT2D eigenvalue weighted by molar-refractivity contribution is 5.99. The molecule has 1 saturated heterocycles. The number of nitrogens with zero attached hydrogens (tertiary/aromatic N) is 6. The number of carbonyl (C=O) groups is 1. The zero-order valence-corrected chi connectivity index (χ0v) is 23.3. The van der Waals surface area contributed by atoms with Gasteiger partial charge in [-0.1, -0.05) is 25.1 Å². The summed E-state index contributed by atoms with van der Waals surface area (Å²) in [4.78, 5) is 23.7. The third-order valence-electron chi connectivity index (χ3n) is 7.81. The molecule has 2 aromatic carbocycles. The van der Waals surface area contributed by atoms with E-state index in [4.69, 9.17) is 15.6 Å². The number of anilines is 1. The van der Waals surface area contributed by atoms with Gasteiger partial charge < -0.3 is 20.7 Å². The number of fused-ring (bicyclic) bond motifs is 1.